The summed E-state index contributed by atoms with van der Waals surface area (Å²) in [5, 5.41) is 7.02. The average molecular weight is 579 g/mol. The molecule has 3 heterocycles. The minimum atomic E-state index is -0.492. The number of piperidine rings is 1. The molecule has 1 saturated heterocycles. The van der Waals surface area contributed by atoms with Crippen molar-refractivity contribution in [3.63, 3.8) is 0 Å². The van der Waals surface area contributed by atoms with Gasteiger partial charge in [-0.1, -0.05) is 30.3 Å². The standard InChI is InChI=1S/C35H38N4O4/c1-34(2,3)43-33(41)37-18-14-25(15-19-37)39-22-24(20-36-39)35(16-17-35)29-12-13-30-31-27(29)6-5-7-28(31)32(40)38(30)21-23-8-10-26(42-4)11-9-23/h5-13,20,22,25H,14-19,21H2,1-4H3. The molecule has 1 aromatic heterocycles. The highest BCUT2D eigenvalue weighted by molar-refractivity contribution is 6.25. The lowest BCUT2D eigenvalue weighted by molar-refractivity contribution is 0.0184. The minimum Gasteiger partial charge on any atom is -0.497 e. The molecule has 4 aromatic rings. The predicted octanol–water partition coefficient (Wildman–Crippen LogP) is 6.86. The minimum absolute atomic E-state index is 0.0453. The third-order valence-electron chi connectivity index (χ3n) is 9.19. The number of hydrogen-bond donors (Lipinski definition) is 0. The van der Waals surface area contributed by atoms with Crippen molar-refractivity contribution in [1.82, 2.24) is 14.7 Å². The van der Waals surface area contributed by atoms with Crippen LogP contribution in [-0.2, 0) is 16.7 Å². The van der Waals surface area contributed by atoms with Crippen molar-refractivity contribution in [3.8, 4) is 5.75 Å². The second kappa shape index (κ2) is 10.1. The van der Waals surface area contributed by atoms with Gasteiger partial charge in [0.15, 0.2) is 0 Å². The summed E-state index contributed by atoms with van der Waals surface area (Å²) >= 11 is 0. The van der Waals surface area contributed by atoms with Gasteiger partial charge in [0.1, 0.15) is 11.4 Å². The Morgan fingerprint density at radius 3 is 2.44 bits per heavy atom. The van der Waals surface area contributed by atoms with Gasteiger partial charge in [-0.3, -0.25) is 9.48 Å². The quantitative estimate of drug-likeness (QED) is 0.250. The molecule has 1 aliphatic carbocycles. The van der Waals surface area contributed by atoms with Gasteiger partial charge in [-0.25, -0.2) is 4.79 Å². The smallest absolute Gasteiger partial charge is 0.410 e. The van der Waals surface area contributed by atoms with E-state index >= 15 is 0 Å². The fourth-order valence-electron chi connectivity index (χ4n) is 6.80. The van der Waals surface area contributed by atoms with Crippen LogP contribution in [0.15, 0.2) is 67.0 Å². The fraction of sp³-hybridized carbons (Fsp3) is 0.400. The molecule has 0 atom stereocenters. The van der Waals surface area contributed by atoms with E-state index in [0.717, 1.165) is 59.0 Å². The lowest BCUT2D eigenvalue weighted by Crippen LogP contribution is -2.42. The van der Waals surface area contributed by atoms with Gasteiger partial charge in [-0.05, 0) is 87.2 Å². The van der Waals surface area contributed by atoms with Gasteiger partial charge in [0.2, 0.25) is 0 Å². The molecule has 3 aromatic carbocycles. The molecule has 1 saturated carbocycles. The Hall–Kier alpha value is -4.33. The first-order chi connectivity index (χ1) is 20.7. The van der Waals surface area contributed by atoms with E-state index in [1.165, 1.54) is 11.1 Å². The largest absolute Gasteiger partial charge is 0.497 e. The van der Waals surface area contributed by atoms with Crippen molar-refractivity contribution in [2.24, 2.45) is 0 Å². The molecular weight excluding hydrogens is 540 g/mol. The first-order valence-corrected chi connectivity index (χ1v) is 15.2. The average Bonchev–Trinajstić information content (AvgIpc) is 3.56. The number of benzene rings is 3. The molecule has 43 heavy (non-hydrogen) atoms. The van der Waals surface area contributed by atoms with Crippen LogP contribution in [0.2, 0.25) is 0 Å². The Labute approximate surface area is 252 Å². The molecule has 3 aliphatic rings. The highest BCUT2D eigenvalue weighted by Crippen LogP contribution is 2.56. The maximum Gasteiger partial charge on any atom is 0.410 e. The van der Waals surface area contributed by atoms with Crippen molar-refractivity contribution in [3.05, 3.63) is 89.2 Å². The lowest BCUT2D eigenvalue weighted by Gasteiger charge is -2.33. The SMILES string of the molecule is COc1ccc(CN2C(=O)c3cccc4c(C5(c6cnn(C7CCN(C(=O)OC(C)(C)C)CC7)c6)CC5)ccc2c34)cc1. The van der Waals surface area contributed by atoms with E-state index in [9.17, 15) is 9.59 Å². The maximum absolute atomic E-state index is 13.6. The van der Waals surface area contributed by atoms with Crippen LogP contribution in [0.3, 0.4) is 0 Å². The number of carbonyl (C=O) groups excluding carboxylic acids is 2. The van der Waals surface area contributed by atoms with Gasteiger partial charge in [0, 0.05) is 41.2 Å². The van der Waals surface area contributed by atoms with E-state index < -0.39 is 5.60 Å². The van der Waals surface area contributed by atoms with Crippen LogP contribution in [0.5, 0.6) is 5.75 Å². The highest BCUT2D eigenvalue weighted by atomic mass is 16.6. The zero-order valence-corrected chi connectivity index (χ0v) is 25.3. The number of nitrogens with zero attached hydrogens (tertiary/aromatic N) is 4. The zero-order valence-electron chi connectivity index (χ0n) is 25.3. The highest BCUT2D eigenvalue weighted by Gasteiger charge is 2.48. The monoisotopic (exact) mass is 578 g/mol. The van der Waals surface area contributed by atoms with E-state index in [1.54, 1.807) is 12.0 Å². The molecule has 0 N–H and O–H groups in total. The normalized spacial score (nSPS) is 17.9. The third-order valence-corrected chi connectivity index (χ3v) is 9.19. The Morgan fingerprint density at radius 2 is 1.77 bits per heavy atom. The van der Waals surface area contributed by atoms with Crippen molar-refractivity contribution in [2.75, 3.05) is 25.1 Å². The molecule has 8 heteroatoms. The number of aromatic nitrogens is 2. The molecule has 2 fully saturated rings. The van der Waals surface area contributed by atoms with E-state index in [-0.39, 0.29) is 23.5 Å². The number of likely N-dealkylation sites (tertiary alicyclic amines) is 1. The molecule has 2 aliphatic heterocycles. The van der Waals surface area contributed by atoms with Gasteiger partial charge in [-0.2, -0.15) is 5.10 Å². The summed E-state index contributed by atoms with van der Waals surface area (Å²) in [4.78, 5) is 29.8. The van der Waals surface area contributed by atoms with Crippen LogP contribution in [0.25, 0.3) is 10.8 Å². The molecule has 0 radical (unpaired) electrons. The summed E-state index contributed by atoms with van der Waals surface area (Å²) < 4.78 is 13.0. The molecule has 0 spiro atoms. The van der Waals surface area contributed by atoms with Crippen molar-refractivity contribution >= 4 is 28.5 Å². The van der Waals surface area contributed by atoms with Crippen LogP contribution >= 0.6 is 0 Å². The Kier molecular flexibility index (Phi) is 6.49. The first kappa shape index (κ1) is 27.5. The van der Waals surface area contributed by atoms with Crippen LogP contribution in [-0.4, -0.2) is 52.5 Å². The van der Waals surface area contributed by atoms with Gasteiger partial charge >= 0.3 is 6.09 Å². The summed E-state index contributed by atoms with van der Waals surface area (Å²) in [6, 6.07) is 18.6. The number of hydrogen-bond acceptors (Lipinski definition) is 5. The molecule has 2 amide bonds. The first-order valence-electron chi connectivity index (χ1n) is 15.2. The molecule has 0 bridgehead atoms. The van der Waals surface area contributed by atoms with Crippen LogP contribution in [0.1, 0.15) is 79.5 Å². The number of methoxy groups -OCH3 is 1. The summed E-state index contributed by atoms with van der Waals surface area (Å²) in [5.74, 6) is 0.847. The van der Waals surface area contributed by atoms with Crippen molar-refractivity contribution < 1.29 is 19.1 Å². The summed E-state index contributed by atoms with van der Waals surface area (Å²) in [7, 11) is 1.66. The summed E-state index contributed by atoms with van der Waals surface area (Å²) in [5.41, 5.74) is 4.70. The maximum atomic E-state index is 13.6. The number of carbonyl (C=O) groups is 2. The van der Waals surface area contributed by atoms with E-state index in [4.69, 9.17) is 14.6 Å². The Morgan fingerprint density at radius 1 is 1.02 bits per heavy atom. The lowest BCUT2D eigenvalue weighted by atomic mass is 9.85. The number of amides is 2. The Balaban J connectivity index is 1.13. The van der Waals surface area contributed by atoms with Crippen LogP contribution < -0.4 is 9.64 Å². The Bertz CT molecular complexity index is 1710. The zero-order chi connectivity index (χ0) is 29.9. The molecule has 8 nitrogen and oxygen atoms in total. The fourth-order valence-corrected chi connectivity index (χ4v) is 6.80. The van der Waals surface area contributed by atoms with Crippen LogP contribution in [0, 0.1) is 0 Å². The van der Waals surface area contributed by atoms with E-state index in [1.807, 2.05) is 68.3 Å². The van der Waals surface area contributed by atoms with Crippen molar-refractivity contribution in [1.29, 1.82) is 0 Å². The second-order valence-electron chi connectivity index (χ2n) is 13.1. The topological polar surface area (TPSA) is 76.9 Å². The van der Waals surface area contributed by atoms with Crippen molar-refractivity contribution in [2.45, 2.75) is 70.1 Å². The van der Waals surface area contributed by atoms with E-state index in [2.05, 4.69) is 29.1 Å². The summed E-state index contributed by atoms with van der Waals surface area (Å²) in [6.07, 6.45) is 7.80. The summed E-state index contributed by atoms with van der Waals surface area (Å²) in [6.45, 7) is 7.53. The van der Waals surface area contributed by atoms with Gasteiger partial charge in [0.25, 0.3) is 5.91 Å². The van der Waals surface area contributed by atoms with Gasteiger partial charge < -0.3 is 19.3 Å². The van der Waals surface area contributed by atoms with Gasteiger partial charge in [0.05, 0.1) is 31.6 Å². The number of rotatable bonds is 6. The second-order valence-corrected chi connectivity index (χ2v) is 13.1. The molecule has 7 rings (SSSR count). The predicted molar refractivity (Wildman–Crippen MR) is 166 cm³/mol. The van der Waals surface area contributed by atoms with Crippen LogP contribution in [0.4, 0.5) is 10.5 Å². The third kappa shape index (κ3) is 4.82. The molecule has 0 unspecified atom stereocenters. The van der Waals surface area contributed by atoms with Gasteiger partial charge in [-0.15, -0.1) is 0 Å². The number of anilines is 1. The van der Waals surface area contributed by atoms with E-state index in [0.29, 0.717) is 19.6 Å². The molecule has 222 valence electrons. The molecular formula is C35H38N4O4. The number of ether oxygens (including phenoxy) is 2.